The smallest absolute Gasteiger partial charge is 0.274 e. The largest absolute Gasteiger partial charge is 0.494 e. The number of nitrogens with zero attached hydrogens (tertiary/aromatic N) is 4. The third kappa shape index (κ3) is 6.65. The Labute approximate surface area is 270 Å². The second-order valence-corrected chi connectivity index (χ2v) is 12.4. The fraction of sp³-hybridized carbons (Fsp3) is 0.459. The maximum absolute atomic E-state index is 13.6. The summed E-state index contributed by atoms with van der Waals surface area (Å²) >= 11 is 0. The summed E-state index contributed by atoms with van der Waals surface area (Å²) in [7, 11) is 1.63. The first-order valence-corrected chi connectivity index (χ1v) is 17.0. The number of methoxy groups -OCH3 is 1. The van der Waals surface area contributed by atoms with Crippen LogP contribution in [-0.4, -0.2) is 57.1 Å². The normalized spacial score (nSPS) is 19.9. The van der Waals surface area contributed by atoms with Crippen molar-refractivity contribution in [3.63, 3.8) is 0 Å². The van der Waals surface area contributed by atoms with Crippen molar-refractivity contribution in [3.05, 3.63) is 91.4 Å². The molecule has 2 N–H and O–H groups in total. The molecule has 3 aromatic rings. The van der Waals surface area contributed by atoms with Crippen molar-refractivity contribution in [2.75, 3.05) is 26.7 Å². The molecule has 0 amide bonds. The maximum Gasteiger partial charge on any atom is 0.274 e. The zero-order chi connectivity index (χ0) is 32.0. The molecule has 46 heavy (non-hydrogen) atoms. The molecule has 2 aliphatic carbocycles. The van der Waals surface area contributed by atoms with Gasteiger partial charge < -0.3 is 14.6 Å². The number of allylic oxidation sites excluding steroid dienone is 5. The zero-order valence-electron chi connectivity index (χ0n) is 27.5. The van der Waals surface area contributed by atoms with Crippen LogP contribution in [0.5, 0.6) is 0 Å². The third-order valence-electron chi connectivity index (χ3n) is 9.41. The van der Waals surface area contributed by atoms with Gasteiger partial charge in [-0.2, -0.15) is 0 Å². The van der Waals surface area contributed by atoms with Gasteiger partial charge in [0, 0.05) is 24.2 Å². The number of para-hydroxylation sites is 1. The summed E-state index contributed by atoms with van der Waals surface area (Å²) in [5, 5.41) is 3.85. The number of piperidine rings is 1. The van der Waals surface area contributed by atoms with Crippen LogP contribution in [0, 0.1) is 0 Å². The van der Waals surface area contributed by atoms with Gasteiger partial charge in [-0.3, -0.25) is 24.4 Å². The molecule has 2 fully saturated rings. The van der Waals surface area contributed by atoms with Crippen molar-refractivity contribution < 1.29 is 4.74 Å². The molecule has 1 aliphatic heterocycles. The van der Waals surface area contributed by atoms with Crippen LogP contribution in [0.3, 0.4) is 0 Å². The van der Waals surface area contributed by atoms with Crippen LogP contribution in [0.1, 0.15) is 83.0 Å². The van der Waals surface area contributed by atoms with E-state index in [1.165, 1.54) is 37.7 Å². The van der Waals surface area contributed by atoms with Crippen LogP contribution in [0.25, 0.3) is 27.9 Å². The van der Waals surface area contributed by atoms with Gasteiger partial charge in [-0.15, -0.1) is 0 Å². The number of aliphatic imine (C=N–C) groups is 1. The average molecular weight is 623 g/mol. The number of likely N-dealkylation sites (tertiary alicyclic amines) is 1. The zero-order valence-corrected chi connectivity index (χ0v) is 27.5. The number of fused-ring (bicyclic) bond motifs is 2. The lowest BCUT2D eigenvalue weighted by Gasteiger charge is -2.26. The van der Waals surface area contributed by atoms with E-state index in [0.717, 1.165) is 62.3 Å². The van der Waals surface area contributed by atoms with Gasteiger partial charge in [0.1, 0.15) is 17.1 Å². The van der Waals surface area contributed by atoms with Crippen molar-refractivity contribution in [3.8, 4) is 11.3 Å². The number of hydrogen-bond donors (Lipinski definition) is 2. The maximum atomic E-state index is 13.6. The summed E-state index contributed by atoms with van der Waals surface area (Å²) in [5.74, 6) is 0.561. The molecule has 9 heteroatoms. The molecule has 6 rings (SSSR count). The van der Waals surface area contributed by atoms with Gasteiger partial charge in [-0.05, 0) is 88.2 Å². The fourth-order valence-electron chi connectivity index (χ4n) is 6.89. The lowest BCUT2D eigenvalue weighted by atomic mass is 10.0. The molecule has 0 atom stereocenters. The molecule has 242 valence electrons. The average Bonchev–Trinajstić information content (AvgIpc) is 3.20. The molecule has 3 heterocycles. The quantitative estimate of drug-likeness (QED) is 0.273. The number of aromatic amines is 2. The summed E-state index contributed by atoms with van der Waals surface area (Å²) in [6.07, 6.45) is 19.0. The van der Waals surface area contributed by atoms with E-state index >= 15 is 0 Å². The van der Waals surface area contributed by atoms with E-state index in [-0.39, 0.29) is 16.8 Å². The summed E-state index contributed by atoms with van der Waals surface area (Å²) in [5.41, 5.74) is 6.69. The number of H-pyrrole nitrogens is 2. The Hall–Kier alpha value is -4.24. The topological polar surface area (TPSA) is 108 Å². The molecule has 1 aromatic carbocycles. The van der Waals surface area contributed by atoms with Gasteiger partial charge in [0.2, 0.25) is 0 Å². The van der Waals surface area contributed by atoms with E-state index in [1.54, 1.807) is 17.9 Å². The summed E-state index contributed by atoms with van der Waals surface area (Å²) in [6, 6.07) is 5.46. The summed E-state index contributed by atoms with van der Waals surface area (Å²) in [4.78, 5) is 42.6. The van der Waals surface area contributed by atoms with Crippen molar-refractivity contribution in [1.82, 2.24) is 24.6 Å². The molecule has 0 bridgehead atoms. The second kappa shape index (κ2) is 14.5. The van der Waals surface area contributed by atoms with E-state index in [9.17, 15) is 9.59 Å². The number of benzene rings is 1. The van der Waals surface area contributed by atoms with Gasteiger partial charge in [0.05, 0.1) is 35.9 Å². The van der Waals surface area contributed by atoms with Gasteiger partial charge >= 0.3 is 0 Å². The summed E-state index contributed by atoms with van der Waals surface area (Å²) < 4.78 is 7.58. The number of aromatic nitrogens is 4. The van der Waals surface area contributed by atoms with E-state index in [4.69, 9.17) is 14.7 Å². The van der Waals surface area contributed by atoms with Crippen LogP contribution in [0.4, 0.5) is 0 Å². The Bertz CT molecular complexity index is 1860. The highest BCUT2D eigenvalue weighted by Crippen LogP contribution is 2.31. The Balaban J connectivity index is 1.36. The van der Waals surface area contributed by atoms with Crippen molar-refractivity contribution >= 4 is 22.4 Å². The Morgan fingerprint density at radius 1 is 1.04 bits per heavy atom. The molecule has 9 nitrogen and oxygen atoms in total. The van der Waals surface area contributed by atoms with Crippen LogP contribution in [0.15, 0.2) is 73.9 Å². The molecular weight excluding hydrogens is 576 g/mol. The minimum Gasteiger partial charge on any atom is -0.494 e. The van der Waals surface area contributed by atoms with E-state index in [1.807, 2.05) is 18.2 Å². The highest BCUT2D eigenvalue weighted by molar-refractivity contribution is 6.01. The van der Waals surface area contributed by atoms with E-state index in [2.05, 4.69) is 47.1 Å². The molecule has 3 aliphatic rings. The SMILES string of the molecule is C/C=C1/CCCCC/C1=N/C(=C/CC)C1=CCc2[nH]c(=O)c(-c3cccc4c(=O)n(CCN5CCCCC5)[nH]c34)nc2C(OC)=C1. The predicted octanol–water partition coefficient (Wildman–Crippen LogP) is 6.68. The fourth-order valence-corrected chi connectivity index (χ4v) is 6.89. The van der Waals surface area contributed by atoms with Crippen molar-refractivity contribution in [1.29, 1.82) is 0 Å². The summed E-state index contributed by atoms with van der Waals surface area (Å²) in [6.45, 7) is 7.74. The standard InChI is InChI=1S/C37H46N6O3/c1-4-13-29(38-30-17-9-6-8-14-25(30)5-2)26-18-19-31-35(32(24-26)46-3)40-34(36(44)39-31)27-15-12-16-28-33(27)41-43(37(28)45)23-22-42-20-10-7-11-21-42/h5,12-13,15-16,18,24,41H,4,6-11,14,17,19-23H2,1-3H3,(H,39,44)/b25-5-,29-13+,38-30-. The van der Waals surface area contributed by atoms with Gasteiger partial charge in [-0.25, -0.2) is 4.98 Å². The Kier molecular flexibility index (Phi) is 9.97. The first-order chi connectivity index (χ1) is 22.5. The van der Waals surface area contributed by atoms with E-state index in [0.29, 0.717) is 46.6 Å². The number of nitrogens with one attached hydrogen (secondary N) is 2. The van der Waals surface area contributed by atoms with Gasteiger partial charge in [-0.1, -0.05) is 50.1 Å². The van der Waals surface area contributed by atoms with Crippen molar-refractivity contribution in [2.45, 2.75) is 84.6 Å². The monoisotopic (exact) mass is 622 g/mol. The van der Waals surface area contributed by atoms with Crippen LogP contribution in [0.2, 0.25) is 0 Å². The Morgan fingerprint density at radius 2 is 1.85 bits per heavy atom. The minimum absolute atomic E-state index is 0.0852. The first-order valence-electron chi connectivity index (χ1n) is 17.0. The second-order valence-electron chi connectivity index (χ2n) is 12.4. The first kappa shape index (κ1) is 31.7. The number of rotatable bonds is 8. The highest BCUT2D eigenvalue weighted by Gasteiger charge is 2.23. The highest BCUT2D eigenvalue weighted by atomic mass is 16.5. The molecule has 1 saturated heterocycles. The molecular formula is C37H46N6O3. The van der Waals surface area contributed by atoms with E-state index < -0.39 is 0 Å². The molecule has 0 radical (unpaired) electrons. The number of hydrogen-bond acceptors (Lipinski definition) is 6. The Morgan fingerprint density at radius 3 is 2.63 bits per heavy atom. The van der Waals surface area contributed by atoms with Crippen LogP contribution >= 0.6 is 0 Å². The van der Waals surface area contributed by atoms with Gasteiger partial charge in [0.15, 0.2) is 0 Å². The molecule has 0 unspecified atom stereocenters. The predicted molar refractivity (Wildman–Crippen MR) is 186 cm³/mol. The van der Waals surface area contributed by atoms with Crippen LogP contribution in [-0.2, 0) is 17.7 Å². The van der Waals surface area contributed by atoms with Gasteiger partial charge in [0.25, 0.3) is 11.1 Å². The minimum atomic E-state index is -0.304. The molecule has 2 aromatic heterocycles. The lowest BCUT2D eigenvalue weighted by molar-refractivity contribution is 0.217. The molecule has 1 saturated carbocycles. The van der Waals surface area contributed by atoms with Crippen LogP contribution < -0.4 is 11.1 Å². The third-order valence-corrected chi connectivity index (χ3v) is 9.41. The number of ether oxygens (including phenoxy) is 1. The molecule has 0 spiro atoms. The lowest BCUT2D eigenvalue weighted by Crippen LogP contribution is -2.34. The van der Waals surface area contributed by atoms with Crippen molar-refractivity contribution in [2.24, 2.45) is 4.99 Å².